The van der Waals surface area contributed by atoms with E-state index in [1.807, 2.05) is 0 Å². The van der Waals surface area contributed by atoms with Crippen LogP contribution in [0.5, 0.6) is 5.75 Å². The van der Waals surface area contributed by atoms with E-state index in [1.54, 1.807) is 0 Å². The molecule has 0 amide bonds. The van der Waals surface area contributed by atoms with Crippen molar-refractivity contribution in [3.8, 4) is 5.75 Å². The van der Waals surface area contributed by atoms with Gasteiger partial charge in [-0.25, -0.2) is 0 Å². The van der Waals surface area contributed by atoms with Crippen LogP contribution in [0.2, 0.25) is 0 Å². The summed E-state index contributed by atoms with van der Waals surface area (Å²) in [6.45, 7) is -2.38. The third-order valence-electron chi connectivity index (χ3n) is 2.15. The largest absolute Gasteiger partial charge is 0.484 e. The van der Waals surface area contributed by atoms with Crippen LogP contribution in [-0.4, -0.2) is 36.0 Å². The van der Waals surface area contributed by atoms with Crippen LogP contribution in [0, 0.1) is 10.1 Å². The maximum Gasteiger partial charge on any atom is 0.411 e. The first-order valence-corrected chi connectivity index (χ1v) is 5.49. The summed E-state index contributed by atoms with van der Waals surface area (Å²) >= 11 is 0. The second-order valence-corrected chi connectivity index (χ2v) is 3.73. The summed E-state index contributed by atoms with van der Waals surface area (Å²) < 4.78 is 44.7. The Bertz CT molecular complexity index is 464. The smallest absolute Gasteiger partial charge is 0.411 e. The number of aliphatic hydroxyl groups excluding tert-OH is 1. The fourth-order valence-electron chi connectivity index (χ4n) is 1.32. The molecule has 0 aliphatic rings. The van der Waals surface area contributed by atoms with Crippen molar-refractivity contribution in [2.75, 3.05) is 19.8 Å². The van der Waals surface area contributed by atoms with E-state index >= 15 is 0 Å². The maximum atomic E-state index is 11.8. The number of halogens is 3. The van der Waals surface area contributed by atoms with E-state index in [9.17, 15) is 23.3 Å². The molecule has 0 saturated carbocycles. The van der Waals surface area contributed by atoms with Gasteiger partial charge in [0, 0.05) is 6.07 Å². The highest BCUT2D eigenvalue weighted by atomic mass is 19.4. The third kappa shape index (κ3) is 5.41. The number of aliphatic hydroxyl groups is 1. The lowest BCUT2D eigenvalue weighted by molar-refractivity contribution is -0.385. The average Bonchev–Trinajstić information content (AvgIpc) is 2.36. The highest BCUT2D eigenvalue weighted by Crippen LogP contribution is 2.28. The predicted octanol–water partition coefficient (Wildman–Crippen LogP) is 2.04. The van der Waals surface area contributed by atoms with Crippen molar-refractivity contribution in [1.29, 1.82) is 0 Å². The van der Waals surface area contributed by atoms with Crippen molar-refractivity contribution in [3.63, 3.8) is 0 Å². The lowest BCUT2D eigenvalue weighted by Gasteiger charge is -2.10. The van der Waals surface area contributed by atoms with Crippen molar-refractivity contribution in [2.24, 2.45) is 0 Å². The summed E-state index contributed by atoms with van der Waals surface area (Å²) in [5, 5.41) is 19.6. The van der Waals surface area contributed by atoms with Gasteiger partial charge < -0.3 is 14.6 Å². The number of nitro benzene ring substituents is 1. The molecular weight excluding hydrogens is 283 g/mol. The molecule has 0 spiro atoms. The van der Waals surface area contributed by atoms with Crippen LogP contribution in [-0.2, 0) is 11.3 Å². The van der Waals surface area contributed by atoms with Gasteiger partial charge in [-0.1, -0.05) is 0 Å². The van der Waals surface area contributed by atoms with E-state index in [-0.39, 0.29) is 31.3 Å². The van der Waals surface area contributed by atoms with Gasteiger partial charge in [0.15, 0.2) is 5.75 Å². The first-order valence-electron chi connectivity index (χ1n) is 5.49. The van der Waals surface area contributed by atoms with Gasteiger partial charge in [-0.2, -0.15) is 13.2 Å². The minimum absolute atomic E-state index is 0.128. The van der Waals surface area contributed by atoms with Gasteiger partial charge in [-0.05, 0) is 17.7 Å². The molecule has 1 rings (SSSR count). The molecule has 6 nitrogen and oxygen atoms in total. The third-order valence-corrected chi connectivity index (χ3v) is 2.15. The number of nitro groups is 1. The summed E-state index contributed by atoms with van der Waals surface area (Å²) in [4.78, 5) is 10.0. The van der Waals surface area contributed by atoms with Crippen LogP contribution >= 0.6 is 0 Å². The Balaban J connectivity index is 2.55. The molecule has 0 aromatic heterocycles. The van der Waals surface area contributed by atoms with E-state index in [4.69, 9.17) is 9.84 Å². The Morgan fingerprint density at radius 3 is 2.55 bits per heavy atom. The number of rotatable bonds is 7. The van der Waals surface area contributed by atoms with Crippen molar-refractivity contribution in [3.05, 3.63) is 33.9 Å². The Kier molecular flexibility index (Phi) is 5.71. The number of ether oxygens (including phenoxy) is 2. The normalized spacial score (nSPS) is 11.4. The zero-order valence-electron chi connectivity index (χ0n) is 10.2. The van der Waals surface area contributed by atoms with Crippen LogP contribution < -0.4 is 4.74 Å². The van der Waals surface area contributed by atoms with Crippen molar-refractivity contribution in [1.82, 2.24) is 0 Å². The summed E-state index contributed by atoms with van der Waals surface area (Å²) in [7, 11) is 0. The minimum atomic E-state index is -4.43. The fraction of sp³-hybridized carbons (Fsp3) is 0.455. The molecule has 1 aromatic rings. The standard InChI is InChI=1S/C11H12F3NO5/c12-11(13,14)7-19-3-4-20-10-5-8(6-16)1-2-9(10)15(17)18/h1-2,5,16H,3-4,6-7H2. The summed E-state index contributed by atoms with van der Waals surface area (Å²) in [6, 6.07) is 3.75. The number of benzene rings is 1. The Morgan fingerprint density at radius 2 is 2.00 bits per heavy atom. The molecule has 112 valence electrons. The van der Waals surface area contributed by atoms with Gasteiger partial charge in [-0.3, -0.25) is 10.1 Å². The second kappa shape index (κ2) is 7.06. The molecule has 9 heteroatoms. The van der Waals surface area contributed by atoms with Crippen molar-refractivity contribution in [2.45, 2.75) is 12.8 Å². The number of nitrogens with zero attached hydrogens (tertiary/aromatic N) is 1. The lowest BCUT2D eigenvalue weighted by atomic mass is 10.2. The molecule has 0 fully saturated rings. The molecular formula is C11H12F3NO5. The SMILES string of the molecule is O=[N+]([O-])c1ccc(CO)cc1OCCOCC(F)(F)F. The Labute approximate surface area is 111 Å². The molecule has 0 bridgehead atoms. The van der Waals surface area contributed by atoms with Crippen LogP contribution in [0.3, 0.4) is 0 Å². The van der Waals surface area contributed by atoms with Gasteiger partial charge in [0.25, 0.3) is 0 Å². The average molecular weight is 295 g/mol. The Hall–Kier alpha value is -1.87. The lowest BCUT2D eigenvalue weighted by Crippen LogP contribution is -2.19. The first-order chi connectivity index (χ1) is 9.33. The van der Waals surface area contributed by atoms with E-state index in [0.29, 0.717) is 5.56 Å². The monoisotopic (exact) mass is 295 g/mol. The molecule has 20 heavy (non-hydrogen) atoms. The fourth-order valence-corrected chi connectivity index (χ4v) is 1.32. The number of hydrogen-bond donors (Lipinski definition) is 1. The molecule has 0 heterocycles. The number of hydrogen-bond acceptors (Lipinski definition) is 5. The highest BCUT2D eigenvalue weighted by Gasteiger charge is 2.27. The van der Waals surface area contributed by atoms with Gasteiger partial charge in [0.05, 0.1) is 18.1 Å². The predicted molar refractivity (Wildman–Crippen MR) is 61.4 cm³/mol. The zero-order chi connectivity index (χ0) is 15.2. The molecule has 0 saturated heterocycles. The summed E-state index contributed by atoms with van der Waals surface area (Å²) in [6.07, 6.45) is -4.43. The maximum absolute atomic E-state index is 11.8. The highest BCUT2D eigenvalue weighted by molar-refractivity contribution is 5.48. The first kappa shape index (κ1) is 16.2. The minimum Gasteiger partial charge on any atom is -0.484 e. The topological polar surface area (TPSA) is 81.8 Å². The Morgan fingerprint density at radius 1 is 1.30 bits per heavy atom. The quantitative estimate of drug-likeness (QED) is 0.473. The van der Waals surface area contributed by atoms with Crippen LogP contribution in [0.1, 0.15) is 5.56 Å². The van der Waals surface area contributed by atoms with Gasteiger partial charge in [0.1, 0.15) is 13.2 Å². The molecule has 1 N–H and O–H groups in total. The summed E-state index contributed by atoms with van der Waals surface area (Å²) in [5.74, 6) is -0.128. The number of alkyl halides is 3. The van der Waals surface area contributed by atoms with Crippen LogP contribution in [0.25, 0.3) is 0 Å². The van der Waals surface area contributed by atoms with Crippen LogP contribution in [0.15, 0.2) is 18.2 Å². The molecule has 0 unspecified atom stereocenters. The van der Waals surface area contributed by atoms with E-state index in [1.165, 1.54) is 12.1 Å². The van der Waals surface area contributed by atoms with Gasteiger partial charge in [-0.15, -0.1) is 0 Å². The molecule has 0 atom stereocenters. The summed E-state index contributed by atoms with van der Waals surface area (Å²) in [5.41, 5.74) is 0.0554. The molecule has 0 aliphatic carbocycles. The van der Waals surface area contributed by atoms with E-state index < -0.39 is 17.7 Å². The van der Waals surface area contributed by atoms with Gasteiger partial charge in [0.2, 0.25) is 0 Å². The van der Waals surface area contributed by atoms with E-state index in [0.717, 1.165) is 6.07 Å². The second-order valence-electron chi connectivity index (χ2n) is 3.73. The molecule has 1 aromatic carbocycles. The van der Waals surface area contributed by atoms with Gasteiger partial charge >= 0.3 is 11.9 Å². The van der Waals surface area contributed by atoms with Crippen LogP contribution in [0.4, 0.5) is 18.9 Å². The zero-order valence-corrected chi connectivity index (χ0v) is 10.2. The molecule has 0 aliphatic heterocycles. The van der Waals surface area contributed by atoms with E-state index in [2.05, 4.69) is 4.74 Å². The van der Waals surface area contributed by atoms with Crippen molar-refractivity contribution >= 4 is 5.69 Å². The molecule has 0 radical (unpaired) electrons. The van der Waals surface area contributed by atoms with Crippen molar-refractivity contribution < 1.29 is 32.7 Å².